The zero-order chi connectivity index (χ0) is 23.7. The first-order valence-electron chi connectivity index (χ1n) is 10.8. The molecule has 2 N–H and O–H groups in total. The summed E-state index contributed by atoms with van der Waals surface area (Å²) in [5.41, 5.74) is 6.64. The van der Waals surface area contributed by atoms with Crippen LogP contribution < -0.4 is 5.32 Å². The van der Waals surface area contributed by atoms with E-state index in [1.165, 1.54) is 6.07 Å². The Morgan fingerprint density at radius 1 is 1.09 bits per heavy atom. The molecule has 7 heteroatoms. The first kappa shape index (κ1) is 22.8. The molecule has 170 valence electrons. The summed E-state index contributed by atoms with van der Waals surface area (Å²) in [4.78, 5) is 29.2. The Kier molecular flexibility index (Phi) is 6.38. The average molecular weight is 466 g/mol. The van der Waals surface area contributed by atoms with Crippen LogP contribution in [-0.4, -0.2) is 35.3 Å². The Balaban J connectivity index is 1.78. The van der Waals surface area contributed by atoms with E-state index < -0.39 is 5.82 Å². The molecular formula is C26H25ClFN3O2. The van der Waals surface area contributed by atoms with Gasteiger partial charge in [-0.3, -0.25) is 9.59 Å². The molecule has 0 unspecified atom stereocenters. The van der Waals surface area contributed by atoms with Crippen molar-refractivity contribution < 1.29 is 14.0 Å². The maximum atomic E-state index is 14.8. The second-order valence-corrected chi connectivity index (χ2v) is 8.50. The van der Waals surface area contributed by atoms with Gasteiger partial charge in [-0.15, -0.1) is 0 Å². The van der Waals surface area contributed by atoms with E-state index in [-0.39, 0.29) is 10.9 Å². The van der Waals surface area contributed by atoms with E-state index >= 15 is 0 Å². The molecule has 0 bridgehead atoms. The zero-order valence-electron chi connectivity index (χ0n) is 18.8. The van der Waals surface area contributed by atoms with Crippen LogP contribution in [0.15, 0.2) is 36.4 Å². The lowest BCUT2D eigenvalue weighted by Crippen LogP contribution is -2.24. The van der Waals surface area contributed by atoms with Crippen molar-refractivity contribution in [2.45, 2.75) is 27.2 Å². The van der Waals surface area contributed by atoms with E-state index in [2.05, 4.69) is 10.3 Å². The molecule has 0 saturated carbocycles. The number of hydrogen-bond donors (Lipinski definition) is 2. The molecule has 0 fully saturated rings. The molecule has 0 aliphatic carbocycles. The molecule has 0 atom stereocenters. The fourth-order valence-corrected chi connectivity index (χ4v) is 4.36. The highest BCUT2D eigenvalue weighted by molar-refractivity contribution is 6.36. The van der Waals surface area contributed by atoms with Gasteiger partial charge >= 0.3 is 0 Å². The fraction of sp³-hybridized carbons (Fsp3) is 0.231. The van der Waals surface area contributed by atoms with Gasteiger partial charge in [-0.1, -0.05) is 35.9 Å². The van der Waals surface area contributed by atoms with Crippen LogP contribution in [0.1, 0.15) is 35.0 Å². The van der Waals surface area contributed by atoms with Crippen molar-refractivity contribution in [3.05, 3.63) is 75.3 Å². The minimum Gasteiger partial charge on any atom is -0.358 e. The second kappa shape index (κ2) is 9.24. The first-order chi connectivity index (χ1) is 15.8. The number of halogens is 2. The summed E-state index contributed by atoms with van der Waals surface area (Å²) < 4.78 is 14.8. The highest BCUT2D eigenvalue weighted by Gasteiger charge is 2.29. The third-order valence-corrected chi connectivity index (χ3v) is 6.56. The topological polar surface area (TPSA) is 65.2 Å². The van der Waals surface area contributed by atoms with Crippen LogP contribution in [0.5, 0.6) is 0 Å². The van der Waals surface area contributed by atoms with Gasteiger partial charge in [0.1, 0.15) is 5.82 Å². The molecule has 4 rings (SSSR count). The van der Waals surface area contributed by atoms with Crippen molar-refractivity contribution in [2.24, 2.45) is 0 Å². The lowest BCUT2D eigenvalue weighted by Gasteiger charge is -2.14. The highest BCUT2D eigenvalue weighted by Crippen LogP contribution is 2.42. The highest BCUT2D eigenvalue weighted by atomic mass is 35.5. The summed E-state index contributed by atoms with van der Waals surface area (Å²) in [5, 5.41) is 2.92. The normalized spacial score (nSPS) is 13.8. The molecule has 2 heterocycles. The van der Waals surface area contributed by atoms with Crippen LogP contribution in [0, 0.1) is 19.7 Å². The smallest absolute Gasteiger partial charge is 0.256 e. The largest absolute Gasteiger partial charge is 0.358 e. The lowest BCUT2D eigenvalue weighted by molar-refractivity contribution is -0.118. The molecule has 2 aromatic carbocycles. The number of benzene rings is 2. The minimum atomic E-state index is -0.517. The molecule has 3 aromatic rings. The molecule has 5 nitrogen and oxygen atoms in total. The van der Waals surface area contributed by atoms with Gasteiger partial charge in [0.25, 0.3) is 5.91 Å². The van der Waals surface area contributed by atoms with Crippen LogP contribution in [0.2, 0.25) is 5.02 Å². The Labute approximate surface area is 197 Å². The van der Waals surface area contributed by atoms with Crippen LogP contribution in [0.3, 0.4) is 0 Å². The van der Waals surface area contributed by atoms with Crippen molar-refractivity contribution >= 4 is 41.3 Å². The molecule has 33 heavy (non-hydrogen) atoms. The van der Waals surface area contributed by atoms with Gasteiger partial charge in [0.15, 0.2) is 0 Å². The number of rotatable bonds is 7. The molecule has 1 aromatic heterocycles. The number of nitrogens with zero attached hydrogens (tertiary/aromatic N) is 1. The molecule has 0 radical (unpaired) electrons. The minimum absolute atomic E-state index is 0.0323. The summed E-state index contributed by atoms with van der Waals surface area (Å²) >= 11 is 6.02. The van der Waals surface area contributed by atoms with Gasteiger partial charge in [0.2, 0.25) is 6.41 Å². The van der Waals surface area contributed by atoms with Crippen molar-refractivity contribution in [3.63, 3.8) is 0 Å². The number of aromatic nitrogens is 1. The number of fused-ring (bicyclic) bond motifs is 1. The predicted molar refractivity (Wildman–Crippen MR) is 131 cm³/mol. The van der Waals surface area contributed by atoms with Gasteiger partial charge in [-0.05, 0) is 55.7 Å². The monoisotopic (exact) mass is 465 g/mol. The number of aromatic amines is 1. The van der Waals surface area contributed by atoms with E-state index in [1.807, 2.05) is 26.8 Å². The standard InChI is InChI=1S/C26H25ClFN3O2/c1-4-31(14-32)12-11-21-15(2)16(3)23(29-21)13-19-24-17(7-6-10-22(24)30-26(19)33)18-8-5-9-20(27)25(18)28/h5-10,13-14,29H,4,11-12H2,1-3H3,(H,30,33)/b19-13-. The summed E-state index contributed by atoms with van der Waals surface area (Å²) in [6.07, 6.45) is 3.35. The van der Waals surface area contributed by atoms with Crippen LogP contribution in [0.25, 0.3) is 22.8 Å². The third kappa shape index (κ3) is 4.18. The second-order valence-electron chi connectivity index (χ2n) is 8.09. The first-order valence-corrected chi connectivity index (χ1v) is 11.2. The van der Waals surface area contributed by atoms with Crippen molar-refractivity contribution in [2.75, 3.05) is 18.4 Å². The number of nitrogens with one attached hydrogen (secondary N) is 2. The average Bonchev–Trinajstić information content (AvgIpc) is 3.27. The van der Waals surface area contributed by atoms with Crippen molar-refractivity contribution in [1.82, 2.24) is 9.88 Å². The van der Waals surface area contributed by atoms with Gasteiger partial charge in [-0.25, -0.2) is 4.39 Å². The number of amides is 2. The van der Waals surface area contributed by atoms with Crippen LogP contribution in [-0.2, 0) is 16.0 Å². The van der Waals surface area contributed by atoms with Gasteiger partial charge in [0.05, 0.1) is 10.6 Å². The molecule has 1 aliphatic heterocycles. The summed E-state index contributed by atoms with van der Waals surface area (Å²) in [5.74, 6) is -0.762. The van der Waals surface area contributed by atoms with Gasteiger partial charge < -0.3 is 15.2 Å². The Morgan fingerprint density at radius 2 is 1.82 bits per heavy atom. The van der Waals surface area contributed by atoms with Crippen molar-refractivity contribution in [3.8, 4) is 11.1 Å². The quantitative estimate of drug-likeness (QED) is 0.352. The van der Waals surface area contributed by atoms with Crippen molar-refractivity contribution in [1.29, 1.82) is 0 Å². The lowest BCUT2D eigenvalue weighted by atomic mass is 9.93. The van der Waals surface area contributed by atoms with E-state index in [4.69, 9.17) is 11.6 Å². The van der Waals surface area contributed by atoms with E-state index in [0.29, 0.717) is 47.5 Å². The van der Waals surface area contributed by atoms with E-state index in [0.717, 1.165) is 28.9 Å². The van der Waals surface area contributed by atoms with Crippen LogP contribution in [0.4, 0.5) is 10.1 Å². The number of likely N-dealkylation sites (N-methyl/N-ethyl adjacent to an activating group) is 1. The Bertz CT molecular complexity index is 1280. The Morgan fingerprint density at radius 3 is 2.55 bits per heavy atom. The fourth-order valence-electron chi connectivity index (χ4n) is 4.18. The number of H-pyrrole nitrogens is 1. The summed E-state index contributed by atoms with van der Waals surface area (Å²) in [6.45, 7) is 7.22. The number of carbonyl (C=O) groups excluding carboxylic acids is 2. The molecule has 0 saturated heterocycles. The van der Waals surface area contributed by atoms with Gasteiger partial charge in [-0.2, -0.15) is 0 Å². The van der Waals surface area contributed by atoms with E-state index in [9.17, 15) is 14.0 Å². The Hall–Kier alpha value is -3.38. The predicted octanol–water partition coefficient (Wildman–Crippen LogP) is 5.60. The molecule has 1 aliphatic rings. The van der Waals surface area contributed by atoms with Gasteiger partial charge in [0, 0.05) is 47.7 Å². The number of carbonyl (C=O) groups is 2. The molecule has 0 spiro atoms. The molecular weight excluding hydrogens is 441 g/mol. The number of anilines is 1. The van der Waals surface area contributed by atoms with Crippen LogP contribution >= 0.6 is 11.6 Å². The van der Waals surface area contributed by atoms with E-state index in [1.54, 1.807) is 35.2 Å². The summed E-state index contributed by atoms with van der Waals surface area (Å²) in [6, 6.07) is 10.2. The molecule has 2 amide bonds. The summed E-state index contributed by atoms with van der Waals surface area (Å²) in [7, 11) is 0. The number of hydrogen-bond acceptors (Lipinski definition) is 2. The SMILES string of the molecule is CCN(C=O)CCc1[nH]c(/C=C2\C(=O)Nc3cccc(-c4cccc(Cl)c4F)c32)c(C)c1C. The maximum absolute atomic E-state index is 14.8. The maximum Gasteiger partial charge on any atom is 0.256 e. The zero-order valence-corrected chi connectivity index (χ0v) is 19.5. The third-order valence-electron chi connectivity index (χ3n) is 6.27.